The molecule has 1 fully saturated rings. The lowest BCUT2D eigenvalue weighted by Crippen LogP contribution is -2.46. The van der Waals surface area contributed by atoms with Gasteiger partial charge in [0, 0.05) is 38.5 Å². The molecule has 2 aliphatic heterocycles. The zero-order chi connectivity index (χ0) is 25.7. The standard InChI is InChI=1S/C25H31FN6O4/c1-4-27-25(34)32-9-7-17(8-10-32)22-13-20(31-36-22)19-12-21(30-15(2)29-19)24(33)28-14-16-5-6-18(26)23(11-16)35-3/h5-6,11-12,17,22H,4,7-10,13-14H2,1-3H3,(H,27,34)(H,28,33). The average molecular weight is 499 g/mol. The fourth-order valence-electron chi connectivity index (χ4n) is 4.46. The van der Waals surface area contributed by atoms with Gasteiger partial charge in [-0.15, -0.1) is 0 Å². The van der Waals surface area contributed by atoms with Crippen molar-refractivity contribution in [3.05, 3.63) is 52.9 Å². The van der Waals surface area contributed by atoms with E-state index in [4.69, 9.17) is 9.57 Å². The number of hydrogen-bond acceptors (Lipinski definition) is 7. The quantitative estimate of drug-likeness (QED) is 0.606. The van der Waals surface area contributed by atoms with Crippen LogP contribution in [0.2, 0.25) is 0 Å². The summed E-state index contributed by atoms with van der Waals surface area (Å²) in [6.07, 6.45) is 2.18. The first-order valence-corrected chi connectivity index (χ1v) is 12.1. The molecule has 3 amide bonds. The molecule has 0 bridgehead atoms. The van der Waals surface area contributed by atoms with Crippen molar-refractivity contribution in [3.63, 3.8) is 0 Å². The highest BCUT2D eigenvalue weighted by Gasteiger charge is 2.34. The maximum absolute atomic E-state index is 13.6. The van der Waals surface area contributed by atoms with Crippen molar-refractivity contribution in [1.29, 1.82) is 0 Å². The fraction of sp³-hybridized carbons (Fsp3) is 0.480. The molecule has 3 heterocycles. The number of likely N-dealkylation sites (tertiary alicyclic amines) is 1. The van der Waals surface area contributed by atoms with Crippen LogP contribution in [0.3, 0.4) is 0 Å². The van der Waals surface area contributed by atoms with Gasteiger partial charge in [-0.25, -0.2) is 19.2 Å². The van der Waals surface area contributed by atoms with Gasteiger partial charge in [-0.1, -0.05) is 11.2 Å². The molecule has 1 aromatic carbocycles. The molecule has 1 aromatic heterocycles. The SMILES string of the molecule is CCNC(=O)N1CCC(C2CC(c3cc(C(=O)NCc4ccc(F)c(OC)c4)nc(C)n3)=NO2)CC1. The molecule has 11 heteroatoms. The lowest BCUT2D eigenvalue weighted by molar-refractivity contribution is 0.0185. The topological polar surface area (TPSA) is 118 Å². The van der Waals surface area contributed by atoms with E-state index in [2.05, 4.69) is 25.8 Å². The van der Waals surface area contributed by atoms with Gasteiger partial charge in [0.05, 0.1) is 12.8 Å². The number of rotatable bonds is 7. The first-order chi connectivity index (χ1) is 17.4. The third kappa shape index (κ3) is 5.89. The predicted molar refractivity (Wildman–Crippen MR) is 130 cm³/mol. The Morgan fingerprint density at radius 3 is 2.69 bits per heavy atom. The van der Waals surface area contributed by atoms with Crippen LogP contribution in [0, 0.1) is 18.7 Å². The van der Waals surface area contributed by atoms with Crippen LogP contribution in [0.25, 0.3) is 0 Å². The molecule has 2 aromatic rings. The molecule has 2 aliphatic rings. The summed E-state index contributed by atoms with van der Waals surface area (Å²) in [6, 6.07) is 6.00. The second-order valence-corrected chi connectivity index (χ2v) is 8.88. The van der Waals surface area contributed by atoms with Crippen molar-refractivity contribution in [2.75, 3.05) is 26.7 Å². The maximum Gasteiger partial charge on any atom is 0.317 e. The molecular formula is C25H31FN6O4. The number of aryl methyl sites for hydroxylation is 1. The third-order valence-corrected chi connectivity index (χ3v) is 6.41. The van der Waals surface area contributed by atoms with Crippen LogP contribution in [0.1, 0.15) is 53.8 Å². The minimum absolute atomic E-state index is 0.0268. The number of benzene rings is 1. The van der Waals surface area contributed by atoms with E-state index < -0.39 is 5.82 Å². The van der Waals surface area contributed by atoms with Crippen LogP contribution in [-0.4, -0.2) is 65.4 Å². The number of amides is 3. The average Bonchev–Trinajstić information content (AvgIpc) is 3.38. The Kier molecular flexibility index (Phi) is 7.97. The summed E-state index contributed by atoms with van der Waals surface area (Å²) in [5.74, 6) is 0.0105. The minimum Gasteiger partial charge on any atom is -0.494 e. The Balaban J connectivity index is 1.35. The van der Waals surface area contributed by atoms with Crippen LogP contribution >= 0.6 is 0 Å². The molecular weight excluding hydrogens is 467 g/mol. The number of carbonyl (C=O) groups is 2. The van der Waals surface area contributed by atoms with Gasteiger partial charge in [0.15, 0.2) is 11.6 Å². The Bertz CT molecular complexity index is 1150. The van der Waals surface area contributed by atoms with Gasteiger partial charge in [-0.2, -0.15) is 0 Å². The van der Waals surface area contributed by atoms with E-state index in [1.165, 1.54) is 19.2 Å². The maximum atomic E-state index is 13.6. The van der Waals surface area contributed by atoms with Gasteiger partial charge in [0.2, 0.25) is 0 Å². The van der Waals surface area contributed by atoms with Gasteiger partial charge < -0.3 is 25.1 Å². The van der Waals surface area contributed by atoms with Gasteiger partial charge >= 0.3 is 6.03 Å². The lowest BCUT2D eigenvalue weighted by Gasteiger charge is -2.33. The second kappa shape index (κ2) is 11.3. The molecule has 0 radical (unpaired) electrons. The summed E-state index contributed by atoms with van der Waals surface area (Å²) in [5.41, 5.74) is 2.14. The van der Waals surface area contributed by atoms with Crippen LogP contribution in [0.15, 0.2) is 29.4 Å². The van der Waals surface area contributed by atoms with Crippen molar-refractivity contribution in [2.24, 2.45) is 11.1 Å². The number of nitrogens with zero attached hydrogens (tertiary/aromatic N) is 4. The zero-order valence-corrected chi connectivity index (χ0v) is 20.7. The van der Waals surface area contributed by atoms with Gasteiger partial charge in [-0.3, -0.25) is 4.79 Å². The second-order valence-electron chi connectivity index (χ2n) is 8.88. The highest BCUT2D eigenvalue weighted by molar-refractivity contribution is 6.01. The van der Waals surface area contributed by atoms with Crippen molar-refractivity contribution >= 4 is 17.6 Å². The molecule has 0 aliphatic carbocycles. The lowest BCUT2D eigenvalue weighted by atomic mass is 9.88. The highest BCUT2D eigenvalue weighted by Crippen LogP contribution is 2.29. The van der Waals surface area contributed by atoms with Gasteiger partial charge in [-0.05, 0) is 50.5 Å². The van der Waals surface area contributed by atoms with Crippen LogP contribution < -0.4 is 15.4 Å². The summed E-state index contributed by atoms with van der Waals surface area (Å²) < 4.78 is 18.6. The minimum atomic E-state index is -0.464. The molecule has 1 atom stereocenters. The van der Waals surface area contributed by atoms with E-state index >= 15 is 0 Å². The molecule has 36 heavy (non-hydrogen) atoms. The monoisotopic (exact) mass is 498 g/mol. The van der Waals surface area contributed by atoms with Gasteiger partial charge in [0.25, 0.3) is 5.91 Å². The number of urea groups is 1. The number of piperidine rings is 1. The number of halogens is 1. The van der Waals surface area contributed by atoms with Crippen molar-refractivity contribution in [3.8, 4) is 5.75 Å². The van der Waals surface area contributed by atoms with E-state index in [9.17, 15) is 14.0 Å². The molecule has 1 saturated heterocycles. The zero-order valence-electron chi connectivity index (χ0n) is 20.7. The largest absolute Gasteiger partial charge is 0.494 e. The number of oxime groups is 1. The molecule has 0 saturated carbocycles. The number of nitrogens with one attached hydrogen (secondary N) is 2. The first-order valence-electron chi connectivity index (χ1n) is 12.1. The molecule has 0 spiro atoms. The van der Waals surface area contributed by atoms with Crippen molar-refractivity contribution in [2.45, 2.75) is 45.8 Å². The summed E-state index contributed by atoms with van der Waals surface area (Å²) in [7, 11) is 1.39. The Hall–Kier alpha value is -3.76. The number of carbonyl (C=O) groups excluding carboxylic acids is 2. The summed E-state index contributed by atoms with van der Waals surface area (Å²) in [4.78, 5) is 41.1. The summed E-state index contributed by atoms with van der Waals surface area (Å²) in [5, 5.41) is 9.90. The van der Waals surface area contributed by atoms with Crippen molar-refractivity contribution in [1.82, 2.24) is 25.5 Å². The van der Waals surface area contributed by atoms with E-state index in [-0.39, 0.29) is 41.9 Å². The molecule has 1 unspecified atom stereocenters. The number of ether oxygens (including phenoxy) is 1. The molecule has 4 rings (SSSR count). The van der Waals surface area contributed by atoms with Crippen LogP contribution in [0.5, 0.6) is 5.75 Å². The smallest absolute Gasteiger partial charge is 0.317 e. The van der Waals surface area contributed by atoms with E-state index in [0.29, 0.717) is 48.8 Å². The fourth-order valence-corrected chi connectivity index (χ4v) is 4.46. The van der Waals surface area contributed by atoms with Crippen LogP contribution in [0.4, 0.5) is 9.18 Å². The Morgan fingerprint density at radius 2 is 1.97 bits per heavy atom. The third-order valence-electron chi connectivity index (χ3n) is 6.41. The number of methoxy groups -OCH3 is 1. The Morgan fingerprint density at radius 1 is 1.19 bits per heavy atom. The molecule has 2 N–H and O–H groups in total. The van der Waals surface area contributed by atoms with E-state index in [1.54, 1.807) is 19.1 Å². The normalized spacial score (nSPS) is 17.8. The number of hydrogen-bond donors (Lipinski definition) is 2. The van der Waals surface area contributed by atoms with E-state index in [1.807, 2.05) is 11.8 Å². The highest BCUT2D eigenvalue weighted by atomic mass is 19.1. The van der Waals surface area contributed by atoms with Crippen molar-refractivity contribution < 1.29 is 23.6 Å². The van der Waals surface area contributed by atoms with Gasteiger partial charge in [0.1, 0.15) is 23.3 Å². The predicted octanol–water partition coefficient (Wildman–Crippen LogP) is 2.80. The summed E-state index contributed by atoms with van der Waals surface area (Å²) >= 11 is 0. The van der Waals surface area contributed by atoms with E-state index in [0.717, 1.165) is 12.8 Å². The number of aromatic nitrogens is 2. The summed E-state index contributed by atoms with van der Waals surface area (Å²) in [6.45, 7) is 5.79. The van der Waals surface area contributed by atoms with Crippen LogP contribution in [-0.2, 0) is 11.4 Å². The Labute approximate surface area is 209 Å². The molecule has 192 valence electrons. The first kappa shape index (κ1) is 25.3. The molecule has 10 nitrogen and oxygen atoms in total.